The van der Waals surface area contributed by atoms with Crippen LogP contribution in [0.2, 0.25) is 5.02 Å². The first-order valence-corrected chi connectivity index (χ1v) is 8.71. The van der Waals surface area contributed by atoms with Crippen molar-refractivity contribution in [2.24, 2.45) is 0 Å². The highest BCUT2D eigenvalue weighted by Gasteiger charge is 2.15. The number of ether oxygens (including phenoxy) is 2. The van der Waals surface area contributed by atoms with Gasteiger partial charge in [-0.15, -0.1) is 0 Å². The number of amides is 1. The van der Waals surface area contributed by atoms with Crippen molar-refractivity contribution < 1.29 is 19.5 Å². The number of rotatable bonds is 7. The van der Waals surface area contributed by atoms with Gasteiger partial charge in [0.1, 0.15) is 17.2 Å². The molecule has 0 fully saturated rings. The molecule has 0 aliphatic heterocycles. The van der Waals surface area contributed by atoms with Crippen molar-refractivity contribution in [3.8, 4) is 17.2 Å². The number of methoxy groups -OCH3 is 1. The molecule has 0 spiro atoms. The van der Waals surface area contributed by atoms with E-state index in [0.29, 0.717) is 34.3 Å². The van der Waals surface area contributed by atoms with Crippen LogP contribution in [0, 0.1) is 0 Å². The van der Waals surface area contributed by atoms with Gasteiger partial charge in [-0.25, -0.2) is 5.48 Å². The van der Waals surface area contributed by atoms with Crippen molar-refractivity contribution >= 4 is 23.6 Å². The van der Waals surface area contributed by atoms with E-state index in [2.05, 4.69) is 6.08 Å². The van der Waals surface area contributed by atoms with Gasteiger partial charge in [0, 0.05) is 22.2 Å². The van der Waals surface area contributed by atoms with Crippen molar-refractivity contribution in [2.45, 2.75) is 20.3 Å². The second-order valence-electron chi connectivity index (χ2n) is 6.02. The Hall–Kier alpha value is -2.76. The van der Waals surface area contributed by atoms with Gasteiger partial charge in [0.25, 0.3) is 5.91 Å². The monoisotopic (exact) mass is 387 g/mol. The maximum Gasteiger partial charge on any atom is 0.267 e. The zero-order valence-corrected chi connectivity index (χ0v) is 16.2. The van der Waals surface area contributed by atoms with E-state index in [1.165, 1.54) is 6.08 Å². The predicted molar refractivity (Wildman–Crippen MR) is 107 cm³/mol. The second-order valence-corrected chi connectivity index (χ2v) is 6.45. The highest BCUT2D eigenvalue weighted by atomic mass is 35.5. The van der Waals surface area contributed by atoms with E-state index in [9.17, 15) is 4.79 Å². The number of carbonyl (C=O) groups is 1. The fraction of sp³-hybridized carbons (Fsp3) is 0.190. The predicted octanol–water partition coefficient (Wildman–Crippen LogP) is 5.17. The third kappa shape index (κ3) is 5.88. The van der Waals surface area contributed by atoms with Crippen LogP contribution in [0.25, 0.3) is 6.08 Å². The molecule has 0 bridgehead atoms. The molecular formula is C21H22ClNO4. The number of hydrogen-bond acceptors (Lipinski definition) is 4. The molecular weight excluding hydrogens is 366 g/mol. The lowest BCUT2D eigenvalue weighted by Crippen LogP contribution is -2.14. The SMILES string of the molecule is COc1ccc(/C=C/C(=O)NO)c(Oc2ccc(Cl)cc2)c1CC=C(C)C. The first-order chi connectivity index (χ1) is 12.9. The van der Waals surface area contributed by atoms with Crippen LogP contribution in [-0.4, -0.2) is 18.2 Å². The average molecular weight is 388 g/mol. The lowest BCUT2D eigenvalue weighted by molar-refractivity contribution is -0.124. The van der Waals surface area contributed by atoms with Gasteiger partial charge >= 0.3 is 0 Å². The molecule has 2 rings (SSSR count). The minimum Gasteiger partial charge on any atom is -0.496 e. The number of hydroxylamine groups is 1. The molecule has 0 aromatic heterocycles. The topological polar surface area (TPSA) is 67.8 Å². The molecule has 142 valence electrons. The number of benzene rings is 2. The highest BCUT2D eigenvalue weighted by molar-refractivity contribution is 6.30. The van der Waals surface area contributed by atoms with Gasteiger partial charge in [0.15, 0.2) is 0 Å². The zero-order valence-electron chi connectivity index (χ0n) is 15.5. The van der Waals surface area contributed by atoms with Crippen LogP contribution in [0.15, 0.2) is 54.1 Å². The summed E-state index contributed by atoms with van der Waals surface area (Å²) in [4.78, 5) is 11.4. The Morgan fingerprint density at radius 1 is 1.19 bits per heavy atom. The summed E-state index contributed by atoms with van der Waals surface area (Å²) in [6, 6.07) is 10.6. The lowest BCUT2D eigenvalue weighted by atomic mass is 10.0. The Kier molecular flexibility index (Phi) is 7.46. The quantitative estimate of drug-likeness (QED) is 0.298. The minimum atomic E-state index is -0.630. The number of hydrogen-bond donors (Lipinski definition) is 2. The van der Waals surface area contributed by atoms with E-state index < -0.39 is 5.91 Å². The molecule has 0 aliphatic carbocycles. The second kappa shape index (κ2) is 9.80. The molecule has 0 atom stereocenters. The highest BCUT2D eigenvalue weighted by Crippen LogP contribution is 2.37. The molecule has 2 N–H and O–H groups in total. The summed E-state index contributed by atoms with van der Waals surface area (Å²) in [6.45, 7) is 4.03. The maximum atomic E-state index is 11.4. The molecule has 27 heavy (non-hydrogen) atoms. The Bertz CT molecular complexity index is 853. The Morgan fingerprint density at radius 3 is 2.48 bits per heavy atom. The lowest BCUT2D eigenvalue weighted by Gasteiger charge is -2.17. The van der Waals surface area contributed by atoms with Gasteiger partial charge in [-0.1, -0.05) is 23.3 Å². The summed E-state index contributed by atoms with van der Waals surface area (Å²) < 4.78 is 11.6. The standard InChI is InChI=1S/C21H22ClNO4/c1-14(2)4-11-18-19(26-3)12-5-15(6-13-20(24)23-25)21(18)27-17-9-7-16(22)8-10-17/h4-10,12-13,25H,11H2,1-3H3,(H,23,24)/b13-6+. The van der Waals surface area contributed by atoms with Crippen molar-refractivity contribution in [2.75, 3.05) is 7.11 Å². The molecule has 0 radical (unpaired) electrons. The van der Waals surface area contributed by atoms with E-state index in [4.69, 9.17) is 26.3 Å². The first-order valence-electron chi connectivity index (χ1n) is 8.33. The van der Waals surface area contributed by atoms with E-state index >= 15 is 0 Å². The third-order valence-corrected chi connectivity index (χ3v) is 3.99. The van der Waals surface area contributed by atoms with Crippen LogP contribution in [-0.2, 0) is 11.2 Å². The van der Waals surface area contributed by atoms with E-state index in [1.54, 1.807) is 49.0 Å². The van der Waals surface area contributed by atoms with Crippen LogP contribution in [0.3, 0.4) is 0 Å². The molecule has 0 unspecified atom stereocenters. The largest absolute Gasteiger partial charge is 0.496 e. The van der Waals surface area contributed by atoms with Gasteiger partial charge in [0.05, 0.1) is 7.11 Å². The van der Waals surface area contributed by atoms with Crippen molar-refractivity contribution in [1.29, 1.82) is 0 Å². The average Bonchev–Trinajstić information content (AvgIpc) is 2.66. The number of nitrogens with one attached hydrogen (secondary N) is 1. The first kappa shape index (κ1) is 20.6. The Labute approximate surface area is 163 Å². The fourth-order valence-corrected chi connectivity index (χ4v) is 2.52. The third-order valence-electron chi connectivity index (χ3n) is 3.74. The summed E-state index contributed by atoms with van der Waals surface area (Å²) in [5.41, 5.74) is 4.25. The van der Waals surface area contributed by atoms with E-state index in [0.717, 1.165) is 11.1 Å². The summed E-state index contributed by atoms with van der Waals surface area (Å²) in [5.74, 6) is 1.22. The number of allylic oxidation sites excluding steroid dienone is 2. The van der Waals surface area contributed by atoms with Crippen molar-refractivity contribution in [1.82, 2.24) is 5.48 Å². The van der Waals surface area contributed by atoms with Gasteiger partial charge in [-0.3, -0.25) is 10.0 Å². The molecule has 2 aromatic carbocycles. The molecule has 5 nitrogen and oxygen atoms in total. The summed E-state index contributed by atoms with van der Waals surface area (Å²) in [6.07, 6.45) is 5.46. The van der Waals surface area contributed by atoms with Crippen LogP contribution in [0.5, 0.6) is 17.2 Å². The normalized spacial score (nSPS) is 10.6. The van der Waals surface area contributed by atoms with Crippen LogP contribution in [0.4, 0.5) is 0 Å². The summed E-state index contributed by atoms with van der Waals surface area (Å²) in [5, 5.41) is 9.31. The molecule has 0 aliphatic rings. The summed E-state index contributed by atoms with van der Waals surface area (Å²) in [7, 11) is 1.60. The molecule has 0 saturated carbocycles. The number of carbonyl (C=O) groups excluding carboxylic acids is 1. The molecule has 0 saturated heterocycles. The van der Waals surface area contributed by atoms with Gasteiger partial charge < -0.3 is 9.47 Å². The van der Waals surface area contributed by atoms with Gasteiger partial charge in [-0.2, -0.15) is 0 Å². The fourth-order valence-electron chi connectivity index (χ4n) is 2.39. The maximum absolute atomic E-state index is 11.4. The summed E-state index contributed by atoms with van der Waals surface area (Å²) >= 11 is 5.95. The van der Waals surface area contributed by atoms with Crippen LogP contribution >= 0.6 is 11.6 Å². The van der Waals surface area contributed by atoms with Crippen molar-refractivity contribution in [3.05, 3.63) is 70.3 Å². The molecule has 6 heteroatoms. The van der Waals surface area contributed by atoms with Crippen molar-refractivity contribution in [3.63, 3.8) is 0 Å². The van der Waals surface area contributed by atoms with E-state index in [-0.39, 0.29) is 0 Å². The van der Waals surface area contributed by atoms with Crippen LogP contribution < -0.4 is 15.0 Å². The van der Waals surface area contributed by atoms with Crippen LogP contribution in [0.1, 0.15) is 25.0 Å². The van der Waals surface area contributed by atoms with Gasteiger partial charge in [0.2, 0.25) is 0 Å². The molecule has 0 heterocycles. The Balaban J connectivity index is 2.56. The smallest absolute Gasteiger partial charge is 0.267 e. The Morgan fingerprint density at radius 2 is 1.89 bits per heavy atom. The van der Waals surface area contributed by atoms with E-state index in [1.807, 2.05) is 19.9 Å². The number of halogens is 1. The minimum absolute atomic E-state index is 0.566. The molecule has 2 aromatic rings. The van der Waals surface area contributed by atoms with Gasteiger partial charge in [-0.05, 0) is 62.7 Å². The zero-order chi connectivity index (χ0) is 19.8. The molecule has 1 amide bonds.